The summed E-state index contributed by atoms with van der Waals surface area (Å²) in [5, 5.41) is 5.89. The standard InChI is InChI=1S/C21H24F2N2O2S/c1-28-20-8-3-2-7-19(20)25-21(26)24-14-9-11-15(12-10-14)27-13-16-17(22)5-4-6-18(16)23/h2-8,14-15H,9-13H2,1H3,(H2,24,25,26)/t14-,15-. The van der Waals surface area contributed by atoms with Crippen LogP contribution in [-0.2, 0) is 11.3 Å². The largest absolute Gasteiger partial charge is 0.373 e. The molecule has 7 heteroatoms. The molecule has 2 N–H and O–H groups in total. The predicted octanol–water partition coefficient (Wildman–Crippen LogP) is 5.34. The van der Waals surface area contributed by atoms with E-state index in [-0.39, 0.29) is 30.3 Å². The summed E-state index contributed by atoms with van der Waals surface area (Å²) in [4.78, 5) is 13.3. The molecule has 0 aromatic heterocycles. The molecule has 4 nitrogen and oxygen atoms in total. The highest BCUT2D eigenvalue weighted by atomic mass is 32.2. The van der Waals surface area contributed by atoms with Gasteiger partial charge >= 0.3 is 6.03 Å². The van der Waals surface area contributed by atoms with Crippen LogP contribution in [0, 0.1) is 11.6 Å². The van der Waals surface area contributed by atoms with E-state index in [2.05, 4.69) is 10.6 Å². The number of hydrogen-bond acceptors (Lipinski definition) is 3. The molecule has 0 bridgehead atoms. The fourth-order valence-electron chi connectivity index (χ4n) is 3.34. The third-order valence-corrected chi connectivity index (χ3v) is 5.69. The van der Waals surface area contributed by atoms with Crippen LogP contribution >= 0.6 is 11.8 Å². The van der Waals surface area contributed by atoms with Crippen molar-refractivity contribution in [3.63, 3.8) is 0 Å². The highest BCUT2D eigenvalue weighted by molar-refractivity contribution is 7.98. The number of para-hydroxylation sites is 1. The quantitative estimate of drug-likeness (QED) is 0.637. The van der Waals surface area contributed by atoms with Gasteiger partial charge in [0.25, 0.3) is 0 Å². The number of ether oxygens (including phenoxy) is 1. The van der Waals surface area contributed by atoms with E-state index < -0.39 is 11.6 Å². The van der Waals surface area contributed by atoms with Gasteiger partial charge in [0.15, 0.2) is 0 Å². The zero-order chi connectivity index (χ0) is 19.9. The van der Waals surface area contributed by atoms with Crippen LogP contribution in [-0.4, -0.2) is 24.4 Å². The van der Waals surface area contributed by atoms with Crippen molar-refractivity contribution < 1.29 is 18.3 Å². The van der Waals surface area contributed by atoms with E-state index >= 15 is 0 Å². The zero-order valence-electron chi connectivity index (χ0n) is 15.7. The number of rotatable bonds is 6. The number of anilines is 1. The Hall–Kier alpha value is -2.12. The Morgan fingerprint density at radius 2 is 1.75 bits per heavy atom. The molecule has 150 valence electrons. The van der Waals surface area contributed by atoms with Gasteiger partial charge in [0.05, 0.1) is 18.4 Å². The predicted molar refractivity (Wildman–Crippen MR) is 108 cm³/mol. The molecule has 2 aromatic carbocycles. The van der Waals surface area contributed by atoms with Crippen LogP contribution in [0.4, 0.5) is 19.3 Å². The van der Waals surface area contributed by atoms with Crippen molar-refractivity contribution in [1.29, 1.82) is 0 Å². The lowest BCUT2D eigenvalue weighted by Gasteiger charge is -2.29. The molecule has 1 saturated carbocycles. The third-order valence-electron chi connectivity index (χ3n) is 4.89. The fourth-order valence-corrected chi connectivity index (χ4v) is 3.89. The van der Waals surface area contributed by atoms with Crippen LogP contribution in [0.1, 0.15) is 31.2 Å². The molecule has 0 unspecified atom stereocenters. The average molecular weight is 406 g/mol. The van der Waals surface area contributed by atoms with E-state index in [0.717, 1.165) is 36.3 Å². The molecule has 0 spiro atoms. The van der Waals surface area contributed by atoms with Gasteiger partial charge in [-0.3, -0.25) is 0 Å². The number of urea groups is 1. The van der Waals surface area contributed by atoms with E-state index in [9.17, 15) is 13.6 Å². The molecule has 1 aliphatic carbocycles. The number of amides is 2. The number of benzene rings is 2. The van der Waals surface area contributed by atoms with Gasteiger partial charge in [-0.15, -0.1) is 11.8 Å². The van der Waals surface area contributed by atoms with E-state index in [4.69, 9.17) is 4.74 Å². The minimum atomic E-state index is -0.586. The highest BCUT2D eigenvalue weighted by Gasteiger charge is 2.24. The third kappa shape index (κ3) is 5.45. The number of nitrogens with one attached hydrogen (secondary N) is 2. The first kappa shape index (κ1) is 20.6. The van der Waals surface area contributed by atoms with Crippen molar-refractivity contribution in [2.75, 3.05) is 11.6 Å². The van der Waals surface area contributed by atoms with E-state index in [1.807, 2.05) is 30.5 Å². The average Bonchev–Trinajstić information content (AvgIpc) is 2.69. The molecule has 0 aliphatic heterocycles. The molecular weight excluding hydrogens is 382 g/mol. The van der Waals surface area contributed by atoms with Crippen LogP contribution in [0.2, 0.25) is 0 Å². The lowest BCUT2D eigenvalue weighted by atomic mass is 9.93. The summed E-state index contributed by atoms with van der Waals surface area (Å²) in [7, 11) is 0. The van der Waals surface area contributed by atoms with Gasteiger partial charge < -0.3 is 15.4 Å². The van der Waals surface area contributed by atoms with Crippen molar-refractivity contribution in [3.8, 4) is 0 Å². The summed E-state index contributed by atoms with van der Waals surface area (Å²) in [5.41, 5.74) is 0.756. The number of halogens is 2. The summed E-state index contributed by atoms with van der Waals surface area (Å²) in [6.07, 6.45) is 4.92. The Bertz CT molecular complexity index is 790. The Balaban J connectivity index is 1.43. The van der Waals surface area contributed by atoms with Gasteiger partial charge in [0.1, 0.15) is 11.6 Å². The second-order valence-electron chi connectivity index (χ2n) is 6.78. The Labute approximate surface area is 168 Å². The van der Waals surface area contributed by atoms with E-state index in [0.29, 0.717) is 0 Å². The summed E-state index contributed by atoms with van der Waals surface area (Å²) < 4.78 is 33.0. The molecule has 3 rings (SSSR count). The zero-order valence-corrected chi connectivity index (χ0v) is 16.5. The fraction of sp³-hybridized carbons (Fsp3) is 0.381. The second-order valence-corrected chi connectivity index (χ2v) is 7.63. The van der Waals surface area contributed by atoms with Gasteiger partial charge in [-0.2, -0.15) is 0 Å². The Kier molecular flexibility index (Phi) is 7.28. The van der Waals surface area contributed by atoms with Crippen molar-refractivity contribution in [3.05, 3.63) is 59.7 Å². The normalized spacial score (nSPS) is 19.2. The molecule has 1 fully saturated rings. The maximum absolute atomic E-state index is 13.7. The molecule has 0 radical (unpaired) electrons. The first-order valence-electron chi connectivity index (χ1n) is 9.32. The Morgan fingerprint density at radius 1 is 1.07 bits per heavy atom. The van der Waals surface area contributed by atoms with Crippen molar-refractivity contribution >= 4 is 23.5 Å². The Morgan fingerprint density at radius 3 is 2.43 bits per heavy atom. The lowest BCUT2D eigenvalue weighted by Crippen LogP contribution is -2.41. The smallest absolute Gasteiger partial charge is 0.319 e. The number of hydrogen-bond donors (Lipinski definition) is 2. The van der Waals surface area contributed by atoms with E-state index in [1.165, 1.54) is 18.2 Å². The first-order chi connectivity index (χ1) is 13.6. The van der Waals surface area contributed by atoms with Gasteiger partial charge in [0.2, 0.25) is 0 Å². The first-order valence-corrected chi connectivity index (χ1v) is 10.5. The molecule has 1 aliphatic rings. The van der Waals surface area contributed by atoms with Crippen molar-refractivity contribution in [2.45, 2.75) is 49.3 Å². The van der Waals surface area contributed by atoms with Crippen LogP contribution in [0.25, 0.3) is 0 Å². The van der Waals surface area contributed by atoms with Crippen LogP contribution < -0.4 is 10.6 Å². The minimum absolute atomic E-state index is 0.0328. The number of thioether (sulfide) groups is 1. The van der Waals surface area contributed by atoms with E-state index in [1.54, 1.807) is 11.8 Å². The maximum Gasteiger partial charge on any atom is 0.319 e. The monoisotopic (exact) mass is 406 g/mol. The number of carbonyl (C=O) groups is 1. The van der Waals surface area contributed by atoms with Crippen molar-refractivity contribution in [1.82, 2.24) is 5.32 Å². The summed E-state index contributed by atoms with van der Waals surface area (Å²) >= 11 is 1.58. The molecule has 0 saturated heterocycles. The van der Waals surface area contributed by atoms with Gasteiger partial charge in [-0.05, 0) is 56.2 Å². The highest BCUT2D eigenvalue weighted by Crippen LogP contribution is 2.26. The van der Waals surface area contributed by atoms with Gasteiger partial charge in [0, 0.05) is 16.5 Å². The minimum Gasteiger partial charge on any atom is -0.373 e. The topological polar surface area (TPSA) is 50.4 Å². The molecular formula is C21H24F2N2O2S. The molecule has 2 aromatic rings. The summed E-state index contributed by atoms with van der Waals surface area (Å²) in [6, 6.07) is 11.3. The van der Waals surface area contributed by atoms with Crippen LogP contribution in [0.15, 0.2) is 47.4 Å². The second kappa shape index (κ2) is 9.89. The van der Waals surface area contributed by atoms with Crippen molar-refractivity contribution in [2.24, 2.45) is 0 Å². The number of carbonyl (C=O) groups excluding carboxylic acids is 1. The summed E-state index contributed by atoms with van der Waals surface area (Å²) in [6.45, 7) is -0.0762. The van der Waals surface area contributed by atoms with Gasteiger partial charge in [-0.1, -0.05) is 18.2 Å². The molecule has 0 heterocycles. The lowest BCUT2D eigenvalue weighted by molar-refractivity contribution is 0.00964. The molecule has 28 heavy (non-hydrogen) atoms. The SMILES string of the molecule is CSc1ccccc1NC(=O)N[C@H]1CC[C@H](OCc2c(F)cccc2F)CC1. The summed E-state index contributed by atoms with van der Waals surface area (Å²) in [5.74, 6) is -1.17. The maximum atomic E-state index is 13.7. The molecule has 2 amide bonds. The van der Waals surface area contributed by atoms with Crippen LogP contribution in [0.3, 0.4) is 0 Å². The molecule has 0 atom stereocenters. The van der Waals surface area contributed by atoms with Gasteiger partial charge in [-0.25, -0.2) is 13.6 Å². The van der Waals surface area contributed by atoms with Crippen LogP contribution in [0.5, 0.6) is 0 Å².